The maximum absolute atomic E-state index is 9.85. The monoisotopic (exact) mass is 251 g/mol. The van der Waals surface area contributed by atoms with E-state index in [2.05, 4.69) is 4.90 Å². The van der Waals surface area contributed by atoms with Crippen LogP contribution in [0.2, 0.25) is 0 Å². The van der Waals surface area contributed by atoms with E-state index in [0.717, 1.165) is 37.2 Å². The van der Waals surface area contributed by atoms with Crippen LogP contribution in [0.1, 0.15) is 18.4 Å². The van der Waals surface area contributed by atoms with E-state index in [0.29, 0.717) is 18.2 Å². The highest BCUT2D eigenvalue weighted by Gasteiger charge is 2.20. The Morgan fingerprint density at radius 1 is 1.44 bits per heavy atom. The van der Waals surface area contributed by atoms with Crippen LogP contribution in [0.4, 0.5) is 0 Å². The standard InChI is InChI=1S/C14H21NO3/c1-18-13-4-5-14(17)12(7-13)9-15-6-2-3-11(8-15)10-16/h4-5,7,11,16-17H,2-3,6,8-10H2,1H3. The molecule has 4 heteroatoms. The summed E-state index contributed by atoms with van der Waals surface area (Å²) in [4.78, 5) is 2.28. The molecule has 2 rings (SSSR count). The average molecular weight is 251 g/mol. The van der Waals surface area contributed by atoms with Crippen molar-refractivity contribution in [1.82, 2.24) is 4.90 Å². The quantitative estimate of drug-likeness (QED) is 0.853. The van der Waals surface area contributed by atoms with Gasteiger partial charge in [0, 0.05) is 25.3 Å². The Balaban J connectivity index is 2.04. The van der Waals surface area contributed by atoms with E-state index in [1.807, 2.05) is 6.07 Å². The van der Waals surface area contributed by atoms with Gasteiger partial charge >= 0.3 is 0 Å². The smallest absolute Gasteiger partial charge is 0.120 e. The fourth-order valence-electron chi connectivity index (χ4n) is 2.50. The fourth-order valence-corrected chi connectivity index (χ4v) is 2.50. The maximum Gasteiger partial charge on any atom is 0.120 e. The zero-order valence-electron chi connectivity index (χ0n) is 10.8. The van der Waals surface area contributed by atoms with Gasteiger partial charge < -0.3 is 14.9 Å². The van der Waals surface area contributed by atoms with Crippen molar-refractivity contribution in [3.63, 3.8) is 0 Å². The Hall–Kier alpha value is -1.26. The molecule has 100 valence electrons. The van der Waals surface area contributed by atoms with E-state index in [-0.39, 0.29) is 6.61 Å². The molecule has 2 N–H and O–H groups in total. The third-order valence-electron chi connectivity index (χ3n) is 3.54. The number of rotatable bonds is 4. The van der Waals surface area contributed by atoms with Crippen molar-refractivity contribution < 1.29 is 14.9 Å². The Bertz CT molecular complexity index is 395. The van der Waals surface area contributed by atoms with Crippen LogP contribution in [0.15, 0.2) is 18.2 Å². The predicted octanol–water partition coefficient (Wildman–Crippen LogP) is 1.61. The highest BCUT2D eigenvalue weighted by Crippen LogP contribution is 2.26. The molecule has 0 saturated carbocycles. The lowest BCUT2D eigenvalue weighted by Gasteiger charge is -2.31. The summed E-state index contributed by atoms with van der Waals surface area (Å²) in [6.07, 6.45) is 2.20. The third-order valence-corrected chi connectivity index (χ3v) is 3.54. The molecular weight excluding hydrogens is 230 g/mol. The first kappa shape index (κ1) is 13.2. The lowest BCUT2D eigenvalue weighted by molar-refractivity contribution is 0.115. The van der Waals surface area contributed by atoms with Gasteiger partial charge in [-0.15, -0.1) is 0 Å². The predicted molar refractivity (Wildman–Crippen MR) is 69.7 cm³/mol. The second-order valence-corrected chi connectivity index (χ2v) is 4.92. The number of aliphatic hydroxyl groups is 1. The Morgan fingerprint density at radius 3 is 3.00 bits per heavy atom. The van der Waals surface area contributed by atoms with Crippen LogP contribution in [0.25, 0.3) is 0 Å². The molecule has 1 saturated heterocycles. The number of phenolic OH excluding ortho intramolecular Hbond substituents is 1. The molecule has 1 aromatic rings. The van der Waals surface area contributed by atoms with Gasteiger partial charge in [-0.05, 0) is 43.5 Å². The average Bonchev–Trinajstić information content (AvgIpc) is 2.41. The van der Waals surface area contributed by atoms with Crippen molar-refractivity contribution in [2.45, 2.75) is 19.4 Å². The molecule has 0 amide bonds. The molecular formula is C14H21NO3. The minimum absolute atomic E-state index is 0.251. The largest absolute Gasteiger partial charge is 0.508 e. The lowest BCUT2D eigenvalue weighted by atomic mass is 9.98. The summed E-state index contributed by atoms with van der Waals surface area (Å²) < 4.78 is 5.17. The van der Waals surface area contributed by atoms with Gasteiger partial charge in [-0.25, -0.2) is 0 Å². The molecule has 1 aliphatic rings. The van der Waals surface area contributed by atoms with Gasteiger partial charge in [0.05, 0.1) is 7.11 Å². The Kier molecular flexibility index (Phi) is 4.44. The molecule has 0 aromatic heterocycles. The van der Waals surface area contributed by atoms with E-state index in [1.165, 1.54) is 0 Å². The second kappa shape index (κ2) is 6.07. The van der Waals surface area contributed by atoms with Crippen LogP contribution in [0.3, 0.4) is 0 Å². The number of aromatic hydroxyl groups is 1. The highest BCUT2D eigenvalue weighted by atomic mass is 16.5. The molecule has 0 bridgehead atoms. The zero-order chi connectivity index (χ0) is 13.0. The van der Waals surface area contributed by atoms with Gasteiger partial charge in [0.2, 0.25) is 0 Å². The lowest BCUT2D eigenvalue weighted by Crippen LogP contribution is -2.36. The summed E-state index contributed by atoms with van der Waals surface area (Å²) in [6, 6.07) is 5.30. The van der Waals surface area contributed by atoms with Crippen LogP contribution in [0, 0.1) is 5.92 Å². The van der Waals surface area contributed by atoms with Crippen LogP contribution in [-0.2, 0) is 6.54 Å². The van der Waals surface area contributed by atoms with Gasteiger partial charge in [0.15, 0.2) is 0 Å². The van der Waals surface area contributed by atoms with Crippen molar-refractivity contribution in [3.8, 4) is 11.5 Å². The van der Waals surface area contributed by atoms with Crippen molar-refractivity contribution in [2.75, 3.05) is 26.8 Å². The Morgan fingerprint density at radius 2 is 2.28 bits per heavy atom. The van der Waals surface area contributed by atoms with Crippen LogP contribution in [0.5, 0.6) is 11.5 Å². The topological polar surface area (TPSA) is 52.9 Å². The number of hydrogen-bond acceptors (Lipinski definition) is 4. The van der Waals surface area contributed by atoms with E-state index >= 15 is 0 Å². The summed E-state index contributed by atoms with van der Waals surface area (Å²) >= 11 is 0. The van der Waals surface area contributed by atoms with Gasteiger partial charge in [-0.3, -0.25) is 4.90 Å². The molecule has 1 heterocycles. The molecule has 1 aromatic carbocycles. The van der Waals surface area contributed by atoms with Crippen molar-refractivity contribution >= 4 is 0 Å². The summed E-state index contributed by atoms with van der Waals surface area (Å²) in [5, 5.41) is 19.1. The number of methoxy groups -OCH3 is 1. The molecule has 0 aliphatic carbocycles. The number of piperidine rings is 1. The number of ether oxygens (including phenoxy) is 1. The number of nitrogens with zero attached hydrogens (tertiary/aromatic N) is 1. The molecule has 4 nitrogen and oxygen atoms in total. The van der Waals surface area contributed by atoms with Gasteiger partial charge in [-0.1, -0.05) is 0 Å². The number of phenols is 1. The number of likely N-dealkylation sites (tertiary alicyclic amines) is 1. The minimum Gasteiger partial charge on any atom is -0.508 e. The van der Waals surface area contributed by atoms with Crippen molar-refractivity contribution in [3.05, 3.63) is 23.8 Å². The number of benzene rings is 1. The van der Waals surface area contributed by atoms with Crippen LogP contribution < -0.4 is 4.74 Å². The van der Waals surface area contributed by atoms with Crippen LogP contribution in [-0.4, -0.2) is 41.9 Å². The SMILES string of the molecule is COc1ccc(O)c(CN2CCCC(CO)C2)c1. The van der Waals surface area contributed by atoms with Crippen molar-refractivity contribution in [2.24, 2.45) is 5.92 Å². The second-order valence-electron chi connectivity index (χ2n) is 4.92. The summed E-state index contributed by atoms with van der Waals surface area (Å²) in [6.45, 7) is 2.88. The number of aliphatic hydroxyl groups excluding tert-OH is 1. The zero-order valence-corrected chi connectivity index (χ0v) is 10.8. The van der Waals surface area contributed by atoms with Gasteiger partial charge in [0.1, 0.15) is 11.5 Å². The highest BCUT2D eigenvalue weighted by molar-refractivity contribution is 5.39. The van der Waals surface area contributed by atoms with E-state index in [1.54, 1.807) is 19.2 Å². The molecule has 0 radical (unpaired) electrons. The molecule has 18 heavy (non-hydrogen) atoms. The summed E-state index contributed by atoms with van der Waals surface area (Å²) in [5.74, 6) is 1.44. The molecule has 1 unspecified atom stereocenters. The third kappa shape index (κ3) is 3.15. The van der Waals surface area contributed by atoms with Crippen molar-refractivity contribution in [1.29, 1.82) is 0 Å². The minimum atomic E-state index is 0.251. The molecule has 1 atom stereocenters. The first-order valence-electron chi connectivity index (χ1n) is 6.42. The van der Waals surface area contributed by atoms with E-state index in [9.17, 15) is 10.2 Å². The first-order chi connectivity index (χ1) is 8.72. The maximum atomic E-state index is 9.85. The van der Waals surface area contributed by atoms with Gasteiger partial charge in [-0.2, -0.15) is 0 Å². The Labute approximate surface area is 108 Å². The summed E-state index contributed by atoms with van der Waals surface area (Å²) in [7, 11) is 1.62. The normalized spacial score (nSPS) is 20.9. The van der Waals surface area contributed by atoms with E-state index in [4.69, 9.17) is 4.74 Å². The summed E-state index contributed by atoms with van der Waals surface area (Å²) in [5.41, 5.74) is 0.882. The fraction of sp³-hybridized carbons (Fsp3) is 0.571. The van der Waals surface area contributed by atoms with Crippen LogP contribution >= 0.6 is 0 Å². The molecule has 1 aliphatic heterocycles. The molecule has 0 spiro atoms. The molecule has 1 fully saturated rings. The van der Waals surface area contributed by atoms with E-state index < -0.39 is 0 Å². The van der Waals surface area contributed by atoms with Gasteiger partial charge in [0.25, 0.3) is 0 Å². The first-order valence-corrected chi connectivity index (χ1v) is 6.42. The number of hydrogen-bond donors (Lipinski definition) is 2.